The van der Waals surface area contributed by atoms with Crippen molar-refractivity contribution in [3.8, 4) is 0 Å². The Labute approximate surface area is 111 Å². The van der Waals surface area contributed by atoms with E-state index in [-0.39, 0.29) is 18.5 Å². The molecule has 5 nitrogen and oxygen atoms in total. The normalized spacial score (nSPS) is 11.1. The molecule has 1 aromatic heterocycles. The van der Waals surface area contributed by atoms with E-state index in [1.54, 1.807) is 18.2 Å². The molecule has 5 heteroatoms. The third kappa shape index (κ3) is 2.86. The number of para-hydroxylation sites is 2. The summed E-state index contributed by atoms with van der Waals surface area (Å²) in [4.78, 5) is 23.6. The number of nitrogens with one attached hydrogen (secondary N) is 1. The van der Waals surface area contributed by atoms with Gasteiger partial charge in [-0.3, -0.25) is 9.36 Å². The highest BCUT2D eigenvalue weighted by atomic mass is 16.4. The molecule has 1 amide bonds. The molecule has 2 rings (SSSR count). The van der Waals surface area contributed by atoms with Gasteiger partial charge in [-0.2, -0.15) is 0 Å². The van der Waals surface area contributed by atoms with Crippen molar-refractivity contribution in [1.82, 2.24) is 9.88 Å². The van der Waals surface area contributed by atoms with Crippen molar-refractivity contribution in [3.05, 3.63) is 34.8 Å². The molecule has 1 heterocycles. The van der Waals surface area contributed by atoms with Gasteiger partial charge in [0.25, 0.3) is 0 Å². The monoisotopic (exact) mass is 262 g/mol. The molecule has 0 atom stereocenters. The fraction of sp³-hybridized carbons (Fsp3) is 0.429. The maximum Gasteiger partial charge on any atom is 0.420 e. The third-order valence-electron chi connectivity index (χ3n) is 3.23. The minimum Gasteiger partial charge on any atom is -0.408 e. The van der Waals surface area contributed by atoms with E-state index >= 15 is 0 Å². The van der Waals surface area contributed by atoms with Gasteiger partial charge in [0, 0.05) is 6.04 Å². The number of nitrogens with zero attached hydrogens (tertiary/aromatic N) is 1. The molecule has 0 aliphatic rings. The molecule has 102 valence electrons. The number of hydrogen-bond acceptors (Lipinski definition) is 3. The Morgan fingerprint density at radius 3 is 2.68 bits per heavy atom. The predicted molar refractivity (Wildman–Crippen MR) is 73.0 cm³/mol. The third-order valence-corrected chi connectivity index (χ3v) is 3.23. The van der Waals surface area contributed by atoms with E-state index in [0.717, 1.165) is 12.8 Å². The molecule has 1 N–H and O–H groups in total. The molecule has 2 aromatic rings. The van der Waals surface area contributed by atoms with Crippen LogP contribution in [0.25, 0.3) is 11.1 Å². The van der Waals surface area contributed by atoms with Gasteiger partial charge in [0.1, 0.15) is 6.54 Å². The lowest BCUT2D eigenvalue weighted by molar-refractivity contribution is -0.122. The lowest BCUT2D eigenvalue weighted by Crippen LogP contribution is -2.37. The van der Waals surface area contributed by atoms with Crippen molar-refractivity contribution in [1.29, 1.82) is 0 Å². The Morgan fingerprint density at radius 2 is 2.00 bits per heavy atom. The smallest absolute Gasteiger partial charge is 0.408 e. The quantitative estimate of drug-likeness (QED) is 0.895. The van der Waals surface area contributed by atoms with Crippen LogP contribution in [0, 0.1) is 0 Å². The van der Waals surface area contributed by atoms with Gasteiger partial charge in [0.15, 0.2) is 5.58 Å². The lowest BCUT2D eigenvalue weighted by Gasteiger charge is -2.14. The van der Waals surface area contributed by atoms with Crippen LogP contribution in [-0.4, -0.2) is 16.5 Å². The highest BCUT2D eigenvalue weighted by Gasteiger charge is 2.14. The number of fused-ring (bicyclic) bond motifs is 1. The first-order valence-electron chi connectivity index (χ1n) is 6.53. The molecule has 0 spiro atoms. The molecular weight excluding hydrogens is 244 g/mol. The van der Waals surface area contributed by atoms with Crippen LogP contribution in [-0.2, 0) is 11.3 Å². The predicted octanol–water partition coefficient (Wildman–Crippen LogP) is 1.90. The minimum absolute atomic E-state index is 0.00759. The summed E-state index contributed by atoms with van der Waals surface area (Å²) in [5.41, 5.74) is 1.15. The maximum absolute atomic E-state index is 11.9. The van der Waals surface area contributed by atoms with Crippen LogP contribution in [0.5, 0.6) is 0 Å². The molecule has 0 saturated carbocycles. The average molecular weight is 262 g/mol. The summed E-state index contributed by atoms with van der Waals surface area (Å²) in [7, 11) is 0. The van der Waals surface area contributed by atoms with E-state index in [1.807, 2.05) is 19.9 Å². The summed E-state index contributed by atoms with van der Waals surface area (Å²) in [6.45, 7) is 4.04. The number of hydrogen-bond donors (Lipinski definition) is 1. The van der Waals surface area contributed by atoms with E-state index < -0.39 is 5.76 Å². The summed E-state index contributed by atoms with van der Waals surface area (Å²) in [5, 5.41) is 2.91. The average Bonchev–Trinajstić information content (AvgIpc) is 2.72. The van der Waals surface area contributed by atoms with E-state index in [4.69, 9.17) is 4.42 Å². The number of aromatic nitrogens is 1. The zero-order chi connectivity index (χ0) is 13.8. The summed E-state index contributed by atoms with van der Waals surface area (Å²) >= 11 is 0. The summed E-state index contributed by atoms with van der Waals surface area (Å²) in [6.07, 6.45) is 1.76. The molecular formula is C14H18N2O3. The topological polar surface area (TPSA) is 64.2 Å². The summed E-state index contributed by atoms with van der Waals surface area (Å²) < 4.78 is 6.44. The van der Waals surface area contributed by atoms with Crippen molar-refractivity contribution >= 4 is 17.0 Å². The Kier molecular flexibility index (Phi) is 4.04. The van der Waals surface area contributed by atoms with Crippen molar-refractivity contribution in [3.63, 3.8) is 0 Å². The fourth-order valence-electron chi connectivity index (χ4n) is 2.07. The first-order chi connectivity index (χ1) is 9.15. The Bertz CT molecular complexity index is 623. The molecule has 0 bridgehead atoms. The molecule has 0 fully saturated rings. The van der Waals surface area contributed by atoms with Gasteiger partial charge in [-0.15, -0.1) is 0 Å². The molecule has 0 radical (unpaired) electrons. The van der Waals surface area contributed by atoms with Crippen molar-refractivity contribution in [2.45, 2.75) is 39.3 Å². The maximum atomic E-state index is 11.9. The van der Waals surface area contributed by atoms with E-state index in [1.165, 1.54) is 4.57 Å². The minimum atomic E-state index is -0.499. The largest absolute Gasteiger partial charge is 0.420 e. The number of carbonyl (C=O) groups is 1. The molecule has 19 heavy (non-hydrogen) atoms. The first-order valence-corrected chi connectivity index (χ1v) is 6.53. The lowest BCUT2D eigenvalue weighted by atomic mass is 10.2. The van der Waals surface area contributed by atoms with Crippen LogP contribution in [0.2, 0.25) is 0 Å². The molecule has 0 unspecified atom stereocenters. The molecule has 0 aliphatic heterocycles. The highest BCUT2D eigenvalue weighted by molar-refractivity contribution is 5.79. The van der Waals surface area contributed by atoms with Crippen LogP contribution in [0.3, 0.4) is 0 Å². The highest BCUT2D eigenvalue weighted by Crippen LogP contribution is 2.11. The number of benzene rings is 1. The van der Waals surface area contributed by atoms with Gasteiger partial charge in [-0.05, 0) is 25.0 Å². The van der Waals surface area contributed by atoms with Crippen LogP contribution < -0.4 is 11.1 Å². The second-order valence-electron chi connectivity index (χ2n) is 4.50. The molecule has 0 aliphatic carbocycles. The van der Waals surface area contributed by atoms with E-state index in [9.17, 15) is 9.59 Å². The summed E-state index contributed by atoms with van der Waals surface area (Å²) in [5.74, 6) is -0.664. The fourth-order valence-corrected chi connectivity index (χ4v) is 2.07. The van der Waals surface area contributed by atoms with Gasteiger partial charge >= 0.3 is 5.76 Å². The second-order valence-corrected chi connectivity index (χ2v) is 4.50. The van der Waals surface area contributed by atoms with E-state index in [2.05, 4.69) is 5.32 Å². The Balaban J connectivity index is 2.19. The van der Waals surface area contributed by atoms with Crippen molar-refractivity contribution in [2.24, 2.45) is 0 Å². The number of rotatable bonds is 5. The summed E-state index contributed by atoms with van der Waals surface area (Å²) in [6, 6.07) is 7.24. The first kappa shape index (κ1) is 13.4. The molecule has 0 saturated heterocycles. The zero-order valence-electron chi connectivity index (χ0n) is 11.2. The standard InChI is InChI=1S/C14H18N2O3/c1-3-10(4-2)15-13(17)9-16-11-7-5-6-8-12(11)19-14(16)18/h5-8,10H,3-4,9H2,1-2H3,(H,15,17). The molecule has 1 aromatic carbocycles. The Hall–Kier alpha value is -2.04. The van der Waals surface area contributed by atoms with Gasteiger partial charge in [-0.1, -0.05) is 26.0 Å². The van der Waals surface area contributed by atoms with Gasteiger partial charge in [0.05, 0.1) is 5.52 Å². The van der Waals surface area contributed by atoms with Crippen LogP contribution >= 0.6 is 0 Å². The number of amides is 1. The zero-order valence-corrected chi connectivity index (χ0v) is 11.2. The Morgan fingerprint density at radius 1 is 1.32 bits per heavy atom. The van der Waals surface area contributed by atoms with Crippen LogP contribution in [0.1, 0.15) is 26.7 Å². The van der Waals surface area contributed by atoms with Gasteiger partial charge in [-0.25, -0.2) is 4.79 Å². The SMILES string of the molecule is CCC(CC)NC(=O)Cn1c(=O)oc2ccccc21. The van der Waals surface area contributed by atoms with Gasteiger partial charge < -0.3 is 9.73 Å². The number of carbonyl (C=O) groups excluding carboxylic acids is 1. The van der Waals surface area contributed by atoms with E-state index in [0.29, 0.717) is 11.1 Å². The number of oxazole rings is 1. The van der Waals surface area contributed by atoms with Gasteiger partial charge in [0.2, 0.25) is 5.91 Å². The van der Waals surface area contributed by atoms with Crippen molar-refractivity contribution in [2.75, 3.05) is 0 Å². The van der Waals surface area contributed by atoms with Crippen LogP contribution in [0.4, 0.5) is 0 Å². The van der Waals surface area contributed by atoms with Crippen LogP contribution in [0.15, 0.2) is 33.5 Å². The van der Waals surface area contributed by atoms with Crippen molar-refractivity contribution < 1.29 is 9.21 Å². The second kappa shape index (κ2) is 5.73.